The molecule has 1 aromatic rings. The minimum absolute atomic E-state index is 0.358. The molecule has 0 aliphatic rings. The summed E-state index contributed by atoms with van der Waals surface area (Å²) in [6.45, 7) is 2.40. The quantitative estimate of drug-likeness (QED) is 0.663. The van der Waals surface area contributed by atoms with Crippen LogP contribution in [0.1, 0.15) is 35.2 Å². The van der Waals surface area contributed by atoms with Crippen LogP contribution in [0.3, 0.4) is 0 Å². The van der Waals surface area contributed by atoms with Crippen molar-refractivity contribution in [3.8, 4) is 0 Å². The largest absolute Gasteiger partial charge is 0.368 e. The molecular formula is C14H20ClN3O2. The number of aryl methyl sites for hydroxylation is 1. The Balaban J connectivity index is 2.69. The minimum atomic E-state index is -0.686. The summed E-state index contributed by atoms with van der Waals surface area (Å²) in [6, 6.07) is 4.30. The van der Waals surface area contributed by atoms with Crippen molar-refractivity contribution in [2.75, 3.05) is 6.54 Å². The number of hydrogen-bond donors (Lipinski definition) is 3. The fourth-order valence-electron chi connectivity index (χ4n) is 1.75. The molecule has 0 aliphatic carbocycles. The van der Waals surface area contributed by atoms with Gasteiger partial charge in [-0.25, -0.2) is 0 Å². The Labute approximate surface area is 123 Å². The highest BCUT2D eigenvalue weighted by molar-refractivity contribution is 6.31. The highest BCUT2D eigenvalue weighted by atomic mass is 35.5. The molecule has 0 saturated heterocycles. The zero-order chi connectivity index (χ0) is 15.1. The molecule has 1 atom stereocenters. The van der Waals surface area contributed by atoms with Crippen molar-refractivity contribution < 1.29 is 9.59 Å². The van der Waals surface area contributed by atoms with E-state index in [0.717, 1.165) is 18.4 Å². The van der Waals surface area contributed by atoms with Crippen LogP contribution in [0, 0.1) is 6.92 Å². The van der Waals surface area contributed by atoms with Gasteiger partial charge in [0.25, 0.3) is 5.91 Å². The predicted octanol–water partition coefficient (Wildman–Crippen LogP) is 1.36. The summed E-state index contributed by atoms with van der Waals surface area (Å²) >= 11 is 5.97. The summed E-state index contributed by atoms with van der Waals surface area (Å²) in [5.41, 5.74) is 12.0. The monoisotopic (exact) mass is 297 g/mol. The van der Waals surface area contributed by atoms with Crippen LogP contribution in [-0.2, 0) is 4.79 Å². The van der Waals surface area contributed by atoms with E-state index in [1.54, 1.807) is 18.2 Å². The molecule has 0 spiro atoms. The Kier molecular flexibility index (Phi) is 6.48. The van der Waals surface area contributed by atoms with Crippen LogP contribution >= 0.6 is 11.6 Å². The number of primary amides is 1. The molecule has 0 bridgehead atoms. The van der Waals surface area contributed by atoms with Crippen molar-refractivity contribution in [1.82, 2.24) is 5.32 Å². The third-order valence-corrected chi connectivity index (χ3v) is 3.44. The summed E-state index contributed by atoms with van der Waals surface area (Å²) in [5, 5.41) is 3.14. The lowest BCUT2D eigenvalue weighted by molar-refractivity contribution is -0.120. The van der Waals surface area contributed by atoms with Gasteiger partial charge in [-0.2, -0.15) is 0 Å². The van der Waals surface area contributed by atoms with Crippen molar-refractivity contribution in [3.05, 3.63) is 34.3 Å². The first kappa shape index (κ1) is 16.5. The summed E-state index contributed by atoms with van der Waals surface area (Å²) in [5.74, 6) is -0.906. The van der Waals surface area contributed by atoms with E-state index in [0.29, 0.717) is 23.6 Å². The van der Waals surface area contributed by atoms with Gasteiger partial charge in [0.05, 0.1) is 0 Å². The van der Waals surface area contributed by atoms with Gasteiger partial charge in [-0.1, -0.05) is 17.7 Å². The van der Waals surface area contributed by atoms with E-state index in [1.165, 1.54) is 0 Å². The first-order valence-electron chi connectivity index (χ1n) is 6.52. The number of unbranched alkanes of at least 4 members (excludes halogenated alkanes) is 1. The number of nitrogens with two attached hydrogens (primary N) is 2. The summed E-state index contributed by atoms with van der Waals surface area (Å²) in [6.07, 6.45) is 2.01. The average Bonchev–Trinajstić information content (AvgIpc) is 2.40. The highest BCUT2D eigenvalue weighted by Crippen LogP contribution is 2.16. The molecule has 2 amide bonds. The highest BCUT2D eigenvalue weighted by Gasteiger charge is 2.18. The normalized spacial score (nSPS) is 11.9. The Morgan fingerprint density at radius 1 is 1.35 bits per heavy atom. The van der Waals surface area contributed by atoms with E-state index in [1.807, 2.05) is 6.92 Å². The van der Waals surface area contributed by atoms with Crippen molar-refractivity contribution in [2.45, 2.75) is 32.2 Å². The van der Waals surface area contributed by atoms with E-state index in [4.69, 9.17) is 23.1 Å². The van der Waals surface area contributed by atoms with Gasteiger partial charge in [0.15, 0.2) is 0 Å². The Morgan fingerprint density at radius 3 is 2.60 bits per heavy atom. The van der Waals surface area contributed by atoms with Gasteiger partial charge in [-0.3, -0.25) is 9.59 Å². The molecule has 0 aromatic heterocycles. The van der Waals surface area contributed by atoms with Crippen molar-refractivity contribution in [2.24, 2.45) is 11.5 Å². The SMILES string of the molecule is Cc1ccc(C(=O)N[C@@H](CCCCN)C(N)=O)cc1Cl. The molecule has 0 unspecified atom stereocenters. The Hall–Kier alpha value is -1.59. The molecule has 6 heteroatoms. The topological polar surface area (TPSA) is 98.2 Å². The predicted molar refractivity (Wildman–Crippen MR) is 79.5 cm³/mol. The van der Waals surface area contributed by atoms with Crippen LogP contribution in [-0.4, -0.2) is 24.4 Å². The van der Waals surface area contributed by atoms with E-state index >= 15 is 0 Å². The number of nitrogens with one attached hydrogen (secondary N) is 1. The molecule has 0 radical (unpaired) electrons. The summed E-state index contributed by atoms with van der Waals surface area (Å²) < 4.78 is 0. The summed E-state index contributed by atoms with van der Waals surface area (Å²) in [7, 11) is 0. The number of benzene rings is 1. The van der Waals surface area contributed by atoms with Crippen molar-refractivity contribution in [1.29, 1.82) is 0 Å². The van der Waals surface area contributed by atoms with Gasteiger partial charge >= 0.3 is 0 Å². The van der Waals surface area contributed by atoms with Crippen LogP contribution in [0.4, 0.5) is 0 Å². The zero-order valence-electron chi connectivity index (χ0n) is 11.5. The van der Waals surface area contributed by atoms with Crippen LogP contribution < -0.4 is 16.8 Å². The van der Waals surface area contributed by atoms with Crippen molar-refractivity contribution in [3.63, 3.8) is 0 Å². The molecule has 0 heterocycles. The smallest absolute Gasteiger partial charge is 0.251 e. The fraction of sp³-hybridized carbons (Fsp3) is 0.429. The number of hydrogen-bond acceptors (Lipinski definition) is 3. The van der Waals surface area contributed by atoms with Crippen LogP contribution in [0.25, 0.3) is 0 Å². The van der Waals surface area contributed by atoms with Crippen LogP contribution in [0.5, 0.6) is 0 Å². The maximum atomic E-state index is 12.1. The number of carbonyl (C=O) groups excluding carboxylic acids is 2. The fourth-order valence-corrected chi connectivity index (χ4v) is 1.93. The molecule has 110 valence electrons. The van der Waals surface area contributed by atoms with Gasteiger partial charge in [-0.05, 0) is 50.4 Å². The molecule has 0 saturated carbocycles. The zero-order valence-corrected chi connectivity index (χ0v) is 12.2. The molecule has 20 heavy (non-hydrogen) atoms. The maximum Gasteiger partial charge on any atom is 0.251 e. The second-order valence-electron chi connectivity index (χ2n) is 4.68. The summed E-state index contributed by atoms with van der Waals surface area (Å²) in [4.78, 5) is 23.4. The van der Waals surface area contributed by atoms with Gasteiger partial charge < -0.3 is 16.8 Å². The standard InChI is InChI=1S/C14H20ClN3O2/c1-9-5-6-10(8-11(9)15)14(20)18-12(13(17)19)4-2-3-7-16/h5-6,8,12H,2-4,7,16H2,1H3,(H2,17,19)(H,18,20)/t12-/m0/s1. The molecule has 1 aromatic carbocycles. The van der Waals surface area contributed by atoms with Crippen LogP contribution in [0.15, 0.2) is 18.2 Å². The molecule has 0 aliphatic heterocycles. The molecule has 5 N–H and O–H groups in total. The Morgan fingerprint density at radius 2 is 2.05 bits per heavy atom. The van der Waals surface area contributed by atoms with E-state index in [2.05, 4.69) is 5.32 Å². The van der Waals surface area contributed by atoms with E-state index in [9.17, 15) is 9.59 Å². The average molecular weight is 298 g/mol. The number of carbonyl (C=O) groups is 2. The third kappa shape index (κ3) is 4.83. The van der Waals surface area contributed by atoms with Crippen molar-refractivity contribution >= 4 is 23.4 Å². The first-order chi connectivity index (χ1) is 9.45. The van der Waals surface area contributed by atoms with Gasteiger partial charge in [0, 0.05) is 10.6 Å². The van der Waals surface area contributed by atoms with Gasteiger partial charge in [0.1, 0.15) is 6.04 Å². The number of amides is 2. The molecule has 0 fully saturated rings. The van der Waals surface area contributed by atoms with Gasteiger partial charge in [-0.15, -0.1) is 0 Å². The first-order valence-corrected chi connectivity index (χ1v) is 6.90. The third-order valence-electron chi connectivity index (χ3n) is 3.03. The van der Waals surface area contributed by atoms with Crippen LogP contribution in [0.2, 0.25) is 5.02 Å². The lowest BCUT2D eigenvalue weighted by Gasteiger charge is -2.15. The molecule has 5 nitrogen and oxygen atoms in total. The maximum absolute atomic E-state index is 12.1. The lowest BCUT2D eigenvalue weighted by Crippen LogP contribution is -2.44. The number of rotatable bonds is 7. The second-order valence-corrected chi connectivity index (χ2v) is 5.08. The molecular weight excluding hydrogens is 278 g/mol. The van der Waals surface area contributed by atoms with Gasteiger partial charge in [0.2, 0.25) is 5.91 Å². The second kappa shape index (κ2) is 7.87. The Bertz CT molecular complexity index is 491. The number of halogens is 1. The lowest BCUT2D eigenvalue weighted by atomic mass is 10.1. The molecule has 1 rings (SSSR count). The minimum Gasteiger partial charge on any atom is -0.368 e. The van der Waals surface area contributed by atoms with E-state index < -0.39 is 11.9 Å². The van der Waals surface area contributed by atoms with E-state index in [-0.39, 0.29) is 5.91 Å².